The van der Waals surface area contributed by atoms with Gasteiger partial charge in [-0.3, -0.25) is 14.8 Å². The molecule has 27 heavy (non-hydrogen) atoms. The topological polar surface area (TPSA) is 101 Å². The number of hydrogen-bond donors (Lipinski definition) is 2. The molecule has 146 valence electrons. The number of primary amides is 1. The first-order valence-electron chi connectivity index (χ1n) is 8.74. The molecule has 0 aliphatic carbocycles. The Morgan fingerprint density at radius 3 is 2.37 bits per heavy atom. The molecular weight excluding hydrogens is 368 g/mol. The summed E-state index contributed by atoms with van der Waals surface area (Å²) in [5, 5.41) is 16.2. The summed E-state index contributed by atoms with van der Waals surface area (Å²) in [7, 11) is 0. The molecule has 0 saturated carbocycles. The van der Waals surface area contributed by atoms with Crippen molar-refractivity contribution in [2.45, 2.75) is 52.0 Å². The number of hydroxylamine groups is 1. The molecule has 1 unspecified atom stereocenters. The lowest BCUT2D eigenvalue weighted by atomic mass is 9.91. The van der Waals surface area contributed by atoms with Gasteiger partial charge in [-0.1, -0.05) is 45.7 Å². The van der Waals surface area contributed by atoms with Gasteiger partial charge in [0.05, 0.1) is 11.4 Å². The van der Waals surface area contributed by atoms with E-state index in [1.807, 2.05) is 27.7 Å². The standard InChI is InChI=1S/C19H25ClN4O3/c1-5-6-15(24(27)13-9-7-12(20)8-10-13)18(26)23-16(19(2,3)4)11-14(22-23)17(21)25/h7-11,15,27H,5-6H2,1-4H3,(H2,21,25). The quantitative estimate of drug-likeness (QED) is 0.731. The number of aromatic nitrogens is 2. The lowest BCUT2D eigenvalue weighted by Gasteiger charge is -2.28. The summed E-state index contributed by atoms with van der Waals surface area (Å²) in [5.41, 5.74) is 5.89. The molecule has 8 heteroatoms. The Hall–Kier alpha value is -2.38. The molecule has 0 radical (unpaired) electrons. The van der Waals surface area contributed by atoms with Crippen molar-refractivity contribution in [2.75, 3.05) is 5.06 Å². The fourth-order valence-corrected chi connectivity index (χ4v) is 2.87. The maximum atomic E-state index is 13.2. The number of carbonyl (C=O) groups excluding carboxylic acids is 2. The first-order chi connectivity index (χ1) is 12.6. The molecule has 0 fully saturated rings. The summed E-state index contributed by atoms with van der Waals surface area (Å²) in [5.74, 6) is -1.15. The van der Waals surface area contributed by atoms with Gasteiger partial charge in [0.2, 0.25) is 0 Å². The van der Waals surface area contributed by atoms with Crippen LogP contribution in [-0.4, -0.2) is 32.8 Å². The predicted octanol–water partition coefficient (Wildman–Crippen LogP) is 3.64. The van der Waals surface area contributed by atoms with E-state index < -0.39 is 23.3 Å². The highest BCUT2D eigenvalue weighted by Gasteiger charge is 2.32. The molecule has 1 amide bonds. The summed E-state index contributed by atoms with van der Waals surface area (Å²) in [4.78, 5) is 24.8. The van der Waals surface area contributed by atoms with Crippen molar-refractivity contribution in [3.8, 4) is 0 Å². The summed E-state index contributed by atoms with van der Waals surface area (Å²) >= 11 is 5.89. The van der Waals surface area contributed by atoms with E-state index in [0.717, 1.165) is 5.06 Å². The SMILES string of the molecule is CCCC(C(=O)n1nc(C(N)=O)cc1C(C)(C)C)N(O)c1ccc(Cl)cc1. The summed E-state index contributed by atoms with van der Waals surface area (Å²) < 4.78 is 1.18. The highest BCUT2D eigenvalue weighted by atomic mass is 35.5. The fraction of sp³-hybridized carbons (Fsp3) is 0.421. The Morgan fingerprint density at radius 1 is 1.30 bits per heavy atom. The minimum atomic E-state index is -0.877. The van der Waals surface area contributed by atoms with Crippen molar-refractivity contribution in [3.05, 3.63) is 46.7 Å². The highest BCUT2D eigenvalue weighted by Crippen LogP contribution is 2.26. The number of rotatable bonds is 6. The Balaban J connectivity index is 2.47. The van der Waals surface area contributed by atoms with E-state index in [1.54, 1.807) is 24.3 Å². The van der Waals surface area contributed by atoms with E-state index >= 15 is 0 Å². The fourth-order valence-electron chi connectivity index (χ4n) is 2.74. The predicted molar refractivity (Wildman–Crippen MR) is 104 cm³/mol. The van der Waals surface area contributed by atoms with Crippen LogP contribution < -0.4 is 10.8 Å². The van der Waals surface area contributed by atoms with E-state index in [4.69, 9.17) is 17.3 Å². The Labute approximate surface area is 163 Å². The van der Waals surface area contributed by atoms with Crippen LogP contribution in [0.1, 0.15) is 61.5 Å². The Kier molecular flexibility index (Phi) is 6.28. The van der Waals surface area contributed by atoms with Crippen molar-refractivity contribution in [2.24, 2.45) is 5.73 Å². The molecule has 2 aromatic rings. The van der Waals surface area contributed by atoms with Gasteiger partial charge in [0, 0.05) is 10.4 Å². The van der Waals surface area contributed by atoms with E-state index in [1.165, 1.54) is 10.7 Å². The van der Waals surface area contributed by atoms with Crippen molar-refractivity contribution >= 4 is 29.1 Å². The Morgan fingerprint density at radius 2 is 1.89 bits per heavy atom. The first-order valence-corrected chi connectivity index (χ1v) is 9.12. The van der Waals surface area contributed by atoms with Crippen molar-refractivity contribution in [3.63, 3.8) is 0 Å². The second-order valence-electron chi connectivity index (χ2n) is 7.40. The normalized spacial score (nSPS) is 12.7. The van der Waals surface area contributed by atoms with E-state index in [2.05, 4.69) is 5.10 Å². The van der Waals surface area contributed by atoms with Gasteiger partial charge in [0.25, 0.3) is 11.8 Å². The maximum absolute atomic E-state index is 13.2. The van der Waals surface area contributed by atoms with Gasteiger partial charge in [0.15, 0.2) is 5.69 Å². The molecule has 1 aromatic carbocycles. The number of nitrogens with zero attached hydrogens (tertiary/aromatic N) is 3. The lowest BCUT2D eigenvalue weighted by molar-refractivity contribution is 0.0777. The van der Waals surface area contributed by atoms with Gasteiger partial charge in [-0.25, -0.2) is 9.75 Å². The van der Waals surface area contributed by atoms with Gasteiger partial charge in [-0.2, -0.15) is 5.10 Å². The first kappa shape index (κ1) is 20.9. The van der Waals surface area contributed by atoms with Crippen molar-refractivity contribution in [1.29, 1.82) is 0 Å². The summed E-state index contributed by atoms with van der Waals surface area (Å²) in [6.45, 7) is 7.63. The van der Waals surface area contributed by atoms with Crippen molar-refractivity contribution in [1.82, 2.24) is 9.78 Å². The van der Waals surface area contributed by atoms with Crippen LogP contribution in [-0.2, 0) is 5.41 Å². The average molecular weight is 393 g/mol. The molecule has 1 heterocycles. The third kappa shape index (κ3) is 4.67. The maximum Gasteiger partial charge on any atom is 0.272 e. The molecular formula is C19H25ClN4O3. The van der Waals surface area contributed by atoms with Gasteiger partial charge < -0.3 is 5.73 Å². The van der Waals surface area contributed by atoms with Gasteiger partial charge >= 0.3 is 0 Å². The third-order valence-corrected chi connectivity index (χ3v) is 4.42. The van der Waals surface area contributed by atoms with Crippen LogP contribution in [0.5, 0.6) is 0 Å². The number of amides is 1. The van der Waals surface area contributed by atoms with Crippen LogP contribution in [0.25, 0.3) is 0 Å². The van der Waals surface area contributed by atoms with Gasteiger partial charge in [-0.05, 0) is 36.8 Å². The lowest BCUT2D eigenvalue weighted by Crippen LogP contribution is -2.43. The van der Waals surface area contributed by atoms with Gasteiger partial charge in [-0.15, -0.1) is 0 Å². The Bertz CT molecular complexity index is 824. The van der Waals surface area contributed by atoms with E-state index in [-0.39, 0.29) is 5.69 Å². The zero-order chi connectivity index (χ0) is 20.4. The molecule has 2 rings (SSSR count). The molecule has 7 nitrogen and oxygen atoms in total. The van der Waals surface area contributed by atoms with Gasteiger partial charge in [0.1, 0.15) is 6.04 Å². The number of nitrogens with two attached hydrogens (primary N) is 1. The summed E-state index contributed by atoms with van der Waals surface area (Å²) in [6.07, 6.45) is 1.06. The largest absolute Gasteiger partial charge is 0.364 e. The smallest absolute Gasteiger partial charge is 0.272 e. The van der Waals surface area contributed by atoms with Crippen LogP contribution in [0.2, 0.25) is 5.02 Å². The molecule has 0 spiro atoms. The molecule has 3 N–H and O–H groups in total. The molecule has 0 aliphatic rings. The average Bonchev–Trinajstić information content (AvgIpc) is 3.05. The number of hydrogen-bond acceptors (Lipinski definition) is 5. The van der Waals surface area contributed by atoms with Crippen molar-refractivity contribution < 1.29 is 14.8 Å². The minimum Gasteiger partial charge on any atom is -0.364 e. The molecule has 1 aromatic heterocycles. The van der Waals surface area contributed by atoms with E-state index in [9.17, 15) is 14.8 Å². The number of anilines is 1. The zero-order valence-corrected chi connectivity index (χ0v) is 16.7. The number of halogens is 1. The minimum absolute atomic E-state index is 0.0134. The highest BCUT2D eigenvalue weighted by molar-refractivity contribution is 6.30. The number of carbonyl (C=O) groups is 2. The summed E-state index contributed by atoms with van der Waals surface area (Å²) in [6, 6.07) is 7.16. The zero-order valence-electron chi connectivity index (χ0n) is 15.9. The second kappa shape index (κ2) is 8.10. The molecule has 0 saturated heterocycles. The van der Waals surface area contributed by atoms with Crippen LogP contribution >= 0.6 is 11.6 Å². The van der Waals surface area contributed by atoms with E-state index in [0.29, 0.717) is 29.2 Å². The van der Waals surface area contributed by atoms with Crippen LogP contribution in [0, 0.1) is 0 Å². The van der Waals surface area contributed by atoms with Crippen LogP contribution in [0.3, 0.4) is 0 Å². The molecule has 1 atom stereocenters. The van der Waals surface area contributed by atoms with Crippen LogP contribution in [0.4, 0.5) is 5.69 Å². The third-order valence-electron chi connectivity index (χ3n) is 4.17. The molecule has 0 aliphatic heterocycles. The van der Waals surface area contributed by atoms with Crippen LogP contribution in [0.15, 0.2) is 30.3 Å². The number of benzene rings is 1. The second-order valence-corrected chi connectivity index (χ2v) is 7.84. The molecule has 0 bridgehead atoms. The monoisotopic (exact) mass is 392 g/mol.